The number of aromatic nitrogens is 1. The Morgan fingerprint density at radius 3 is 2.50 bits per heavy atom. The number of aliphatic hydroxyl groups is 1. The standard InChI is InChI=1S/C25H24N2O4S/c1-5-16-9-11-18(12-10-16)27-21(17-7-6-8-19(13-17)31-4)20(23(29)25(27)30)22(28)24-14(2)26-15(3)32-24/h6-13,21,29H,5H2,1-4H3. The third kappa shape index (κ3) is 3.69. The Balaban J connectivity index is 1.89. The largest absolute Gasteiger partial charge is 0.503 e. The zero-order valence-corrected chi connectivity index (χ0v) is 19.2. The monoisotopic (exact) mass is 448 g/mol. The summed E-state index contributed by atoms with van der Waals surface area (Å²) in [7, 11) is 1.56. The van der Waals surface area contributed by atoms with E-state index in [1.807, 2.05) is 37.3 Å². The van der Waals surface area contributed by atoms with E-state index in [1.165, 1.54) is 16.2 Å². The highest BCUT2D eigenvalue weighted by molar-refractivity contribution is 7.14. The molecule has 0 fully saturated rings. The highest BCUT2D eigenvalue weighted by Gasteiger charge is 2.45. The summed E-state index contributed by atoms with van der Waals surface area (Å²) < 4.78 is 5.37. The maximum absolute atomic E-state index is 13.6. The Kier molecular flexibility index (Phi) is 5.84. The van der Waals surface area contributed by atoms with Crippen molar-refractivity contribution in [2.75, 3.05) is 12.0 Å². The summed E-state index contributed by atoms with van der Waals surface area (Å²) in [6.07, 6.45) is 0.866. The van der Waals surface area contributed by atoms with Gasteiger partial charge in [-0.15, -0.1) is 11.3 Å². The number of anilines is 1. The molecule has 0 saturated heterocycles. The second-order valence-corrected chi connectivity index (χ2v) is 8.82. The quantitative estimate of drug-likeness (QED) is 0.530. The lowest BCUT2D eigenvalue weighted by atomic mass is 9.94. The summed E-state index contributed by atoms with van der Waals surface area (Å²) in [4.78, 5) is 33.1. The first kappa shape index (κ1) is 21.8. The fourth-order valence-electron chi connectivity index (χ4n) is 3.99. The Labute approximate surface area is 190 Å². The Hall–Kier alpha value is -3.45. The van der Waals surface area contributed by atoms with E-state index in [0.717, 1.165) is 17.0 Å². The van der Waals surface area contributed by atoms with Crippen molar-refractivity contribution in [3.8, 4) is 5.75 Å². The van der Waals surface area contributed by atoms with E-state index in [2.05, 4.69) is 11.9 Å². The molecule has 7 heteroatoms. The molecule has 0 saturated carbocycles. The second kappa shape index (κ2) is 8.59. The van der Waals surface area contributed by atoms with Crippen molar-refractivity contribution in [2.45, 2.75) is 33.2 Å². The van der Waals surface area contributed by atoms with Crippen LogP contribution in [0.15, 0.2) is 59.9 Å². The average molecular weight is 449 g/mol. The summed E-state index contributed by atoms with van der Waals surface area (Å²) in [6, 6.07) is 14.0. The summed E-state index contributed by atoms with van der Waals surface area (Å²) in [5.74, 6) is -0.934. The molecule has 0 aliphatic carbocycles. The van der Waals surface area contributed by atoms with E-state index < -0.39 is 17.7 Å². The van der Waals surface area contributed by atoms with Crippen molar-refractivity contribution >= 4 is 28.7 Å². The second-order valence-electron chi connectivity index (χ2n) is 7.61. The maximum atomic E-state index is 13.6. The van der Waals surface area contributed by atoms with Crippen LogP contribution in [0.25, 0.3) is 0 Å². The molecule has 1 N–H and O–H groups in total. The minimum atomic E-state index is -0.792. The van der Waals surface area contributed by atoms with Gasteiger partial charge in [-0.2, -0.15) is 0 Å². The number of thiazole rings is 1. The molecule has 1 aliphatic heterocycles. The first-order valence-corrected chi connectivity index (χ1v) is 11.2. The van der Waals surface area contributed by atoms with Crippen molar-refractivity contribution in [3.05, 3.63) is 86.6 Å². The number of hydrogen-bond donors (Lipinski definition) is 1. The Morgan fingerprint density at radius 1 is 1.19 bits per heavy atom. The van der Waals surface area contributed by atoms with E-state index in [9.17, 15) is 14.7 Å². The van der Waals surface area contributed by atoms with Crippen LogP contribution in [0.1, 0.15) is 44.5 Å². The van der Waals surface area contributed by atoms with Crippen molar-refractivity contribution in [1.82, 2.24) is 4.98 Å². The fourth-order valence-corrected chi connectivity index (χ4v) is 4.86. The molecule has 6 nitrogen and oxygen atoms in total. The molecule has 164 valence electrons. The van der Waals surface area contributed by atoms with Gasteiger partial charge in [0.15, 0.2) is 5.76 Å². The minimum Gasteiger partial charge on any atom is -0.503 e. The van der Waals surface area contributed by atoms with Gasteiger partial charge in [0, 0.05) is 5.69 Å². The SMILES string of the molecule is CCc1ccc(N2C(=O)C(O)=C(C(=O)c3sc(C)nc3C)C2c2cccc(OC)c2)cc1. The van der Waals surface area contributed by atoms with Crippen LogP contribution in [-0.2, 0) is 11.2 Å². The van der Waals surface area contributed by atoms with E-state index in [1.54, 1.807) is 32.2 Å². The number of Topliss-reactive ketones (excluding diaryl/α,β-unsaturated/α-hetero) is 1. The van der Waals surface area contributed by atoms with Crippen LogP contribution in [0.3, 0.4) is 0 Å². The molecule has 3 aromatic rings. The zero-order valence-electron chi connectivity index (χ0n) is 18.4. The van der Waals surface area contributed by atoms with Gasteiger partial charge in [-0.05, 0) is 55.7 Å². The van der Waals surface area contributed by atoms with Gasteiger partial charge in [0.25, 0.3) is 5.91 Å². The lowest BCUT2D eigenvalue weighted by molar-refractivity contribution is -0.117. The number of carbonyl (C=O) groups excluding carboxylic acids is 2. The topological polar surface area (TPSA) is 79.7 Å². The Morgan fingerprint density at radius 2 is 1.91 bits per heavy atom. The molecule has 1 unspecified atom stereocenters. The number of amides is 1. The smallest absolute Gasteiger partial charge is 0.294 e. The Bertz CT molecular complexity index is 1230. The molecule has 4 rings (SSSR count). The van der Waals surface area contributed by atoms with Gasteiger partial charge in [-0.3, -0.25) is 14.5 Å². The van der Waals surface area contributed by atoms with Crippen LogP contribution in [0.4, 0.5) is 5.69 Å². The molecular formula is C25H24N2O4S. The van der Waals surface area contributed by atoms with Crippen molar-refractivity contribution < 1.29 is 19.4 Å². The van der Waals surface area contributed by atoms with E-state index >= 15 is 0 Å². The molecular weight excluding hydrogens is 424 g/mol. The molecule has 2 heterocycles. The lowest BCUT2D eigenvalue weighted by Gasteiger charge is -2.27. The first-order chi connectivity index (χ1) is 15.3. The highest BCUT2D eigenvalue weighted by Crippen LogP contribution is 2.43. The van der Waals surface area contributed by atoms with Gasteiger partial charge < -0.3 is 9.84 Å². The predicted molar refractivity (Wildman–Crippen MR) is 125 cm³/mol. The van der Waals surface area contributed by atoms with Gasteiger partial charge >= 0.3 is 0 Å². The number of hydrogen-bond acceptors (Lipinski definition) is 6. The van der Waals surface area contributed by atoms with Crippen molar-refractivity contribution in [1.29, 1.82) is 0 Å². The molecule has 1 aliphatic rings. The van der Waals surface area contributed by atoms with Crippen LogP contribution >= 0.6 is 11.3 Å². The van der Waals surface area contributed by atoms with Gasteiger partial charge in [0.2, 0.25) is 5.78 Å². The van der Waals surface area contributed by atoms with Crippen LogP contribution in [0.5, 0.6) is 5.75 Å². The number of ether oxygens (including phenoxy) is 1. The normalized spacial score (nSPS) is 16.1. The lowest BCUT2D eigenvalue weighted by Crippen LogP contribution is -2.31. The number of nitrogens with zero attached hydrogens (tertiary/aromatic N) is 2. The van der Waals surface area contributed by atoms with Crippen LogP contribution < -0.4 is 9.64 Å². The summed E-state index contributed by atoms with van der Waals surface area (Å²) in [5.41, 5.74) is 3.03. The van der Waals surface area contributed by atoms with Crippen LogP contribution in [-0.4, -0.2) is 28.9 Å². The van der Waals surface area contributed by atoms with E-state index in [4.69, 9.17) is 4.74 Å². The molecule has 1 amide bonds. The third-order valence-electron chi connectivity index (χ3n) is 5.59. The molecule has 1 aromatic heterocycles. The van der Waals surface area contributed by atoms with Gasteiger partial charge in [0.05, 0.1) is 34.3 Å². The number of aliphatic hydroxyl groups excluding tert-OH is 1. The maximum Gasteiger partial charge on any atom is 0.294 e. The summed E-state index contributed by atoms with van der Waals surface area (Å²) >= 11 is 1.26. The molecule has 0 spiro atoms. The van der Waals surface area contributed by atoms with Crippen molar-refractivity contribution in [3.63, 3.8) is 0 Å². The highest BCUT2D eigenvalue weighted by atomic mass is 32.1. The summed E-state index contributed by atoms with van der Waals surface area (Å²) in [6.45, 7) is 5.63. The zero-order chi connectivity index (χ0) is 23.0. The molecule has 2 aromatic carbocycles. The van der Waals surface area contributed by atoms with Gasteiger partial charge in [-0.1, -0.05) is 31.2 Å². The molecule has 0 radical (unpaired) electrons. The van der Waals surface area contributed by atoms with E-state index in [0.29, 0.717) is 27.6 Å². The predicted octanol–water partition coefficient (Wildman–Crippen LogP) is 5.11. The third-order valence-corrected chi connectivity index (χ3v) is 6.67. The number of rotatable bonds is 6. The number of methoxy groups -OCH3 is 1. The molecule has 32 heavy (non-hydrogen) atoms. The molecule has 1 atom stereocenters. The number of benzene rings is 2. The minimum absolute atomic E-state index is 0.0505. The average Bonchev–Trinajstić information content (AvgIpc) is 3.28. The van der Waals surface area contributed by atoms with Crippen LogP contribution in [0.2, 0.25) is 0 Å². The van der Waals surface area contributed by atoms with Crippen molar-refractivity contribution in [2.24, 2.45) is 0 Å². The summed E-state index contributed by atoms with van der Waals surface area (Å²) in [5, 5.41) is 11.6. The van der Waals surface area contributed by atoms with Crippen LogP contribution in [0, 0.1) is 13.8 Å². The number of ketones is 1. The fraction of sp³-hybridized carbons (Fsp3) is 0.240. The first-order valence-electron chi connectivity index (χ1n) is 10.3. The van der Waals surface area contributed by atoms with E-state index in [-0.39, 0.29) is 11.4 Å². The number of carbonyl (C=O) groups is 2. The number of aryl methyl sites for hydroxylation is 3. The van der Waals surface area contributed by atoms with Gasteiger partial charge in [-0.25, -0.2) is 4.98 Å². The molecule has 0 bridgehead atoms. The van der Waals surface area contributed by atoms with Gasteiger partial charge in [0.1, 0.15) is 5.75 Å².